The van der Waals surface area contributed by atoms with E-state index >= 15 is 0 Å². The Morgan fingerprint density at radius 1 is 1.29 bits per heavy atom. The zero-order valence-electron chi connectivity index (χ0n) is 8.50. The van der Waals surface area contributed by atoms with Gasteiger partial charge in [0.15, 0.2) is 0 Å². The third kappa shape index (κ3) is 18.6. The number of halogens is 2. The van der Waals surface area contributed by atoms with E-state index in [1.54, 1.807) is 0 Å². The van der Waals surface area contributed by atoms with Crippen LogP contribution >= 0.6 is 0 Å². The second kappa shape index (κ2) is 19.4. The van der Waals surface area contributed by atoms with Gasteiger partial charge in [-0.05, 0) is 0 Å². The van der Waals surface area contributed by atoms with Crippen LogP contribution < -0.4 is 24.8 Å². The summed E-state index contributed by atoms with van der Waals surface area (Å²) in [6.07, 6.45) is 10.0. The third-order valence-electron chi connectivity index (χ3n) is 1.32. The van der Waals surface area contributed by atoms with E-state index in [0.29, 0.717) is 0 Å². The molecule has 0 heterocycles. The van der Waals surface area contributed by atoms with E-state index < -0.39 is 0 Å². The first-order valence-corrected chi connectivity index (χ1v) is 3.96. The zero-order chi connectivity index (χ0) is 8.53. The molecule has 0 aromatic heterocycles. The fraction of sp³-hybridized carbons (Fsp3) is 0.556. The minimum absolute atomic E-state index is 0. The van der Waals surface area contributed by atoms with Crippen molar-refractivity contribution in [2.24, 2.45) is 0 Å². The SMILES string of the molecule is CCN(O)CC.[C-]1=CC=CC1.[Cl-].[Cl-].[Zr+3]. The maximum Gasteiger partial charge on any atom is 3.00 e. The van der Waals surface area contributed by atoms with Crippen LogP contribution in [0.4, 0.5) is 0 Å². The molecule has 0 aliphatic heterocycles. The second-order valence-corrected chi connectivity index (χ2v) is 2.14. The molecular formula is C9H16Cl2NOZr. The van der Waals surface area contributed by atoms with Crippen LogP contribution in [0.25, 0.3) is 0 Å². The van der Waals surface area contributed by atoms with Crippen LogP contribution in [0.2, 0.25) is 0 Å². The molecule has 0 atom stereocenters. The van der Waals surface area contributed by atoms with Gasteiger partial charge in [-0.1, -0.05) is 13.8 Å². The van der Waals surface area contributed by atoms with E-state index in [1.807, 2.05) is 26.0 Å². The van der Waals surface area contributed by atoms with Gasteiger partial charge in [0.05, 0.1) is 0 Å². The quantitative estimate of drug-likeness (QED) is 0.415. The largest absolute Gasteiger partial charge is 3.00 e. The van der Waals surface area contributed by atoms with Gasteiger partial charge < -0.3 is 30.0 Å². The van der Waals surface area contributed by atoms with Crippen LogP contribution in [0.5, 0.6) is 0 Å². The molecule has 0 saturated heterocycles. The Morgan fingerprint density at radius 2 is 1.79 bits per heavy atom. The molecular weight excluding hydrogens is 300 g/mol. The summed E-state index contributed by atoms with van der Waals surface area (Å²) in [6.45, 7) is 5.25. The average Bonchev–Trinajstić information content (AvgIpc) is 2.60. The molecule has 0 saturated carbocycles. The molecule has 0 aromatic rings. The van der Waals surface area contributed by atoms with Gasteiger partial charge in [-0.15, -0.1) is 6.42 Å². The first-order valence-electron chi connectivity index (χ1n) is 3.96. The first kappa shape index (κ1) is 24.2. The zero-order valence-corrected chi connectivity index (χ0v) is 12.5. The van der Waals surface area contributed by atoms with Gasteiger partial charge in [-0.25, -0.2) is 12.2 Å². The second-order valence-electron chi connectivity index (χ2n) is 2.14. The molecule has 2 nitrogen and oxygen atoms in total. The van der Waals surface area contributed by atoms with Gasteiger partial charge in [0.1, 0.15) is 0 Å². The summed E-state index contributed by atoms with van der Waals surface area (Å²) in [7, 11) is 0. The van der Waals surface area contributed by atoms with Crippen molar-refractivity contribution in [3.05, 3.63) is 24.3 Å². The fourth-order valence-electron chi connectivity index (χ4n) is 0.564. The van der Waals surface area contributed by atoms with Crippen molar-refractivity contribution in [1.82, 2.24) is 5.06 Å². The summed E-state index contributed by atoms with van der Waals surface area (Å²) in [4.78, 5) is 0. The van der Waals surface area contributed by atoms with Gasteiger partial charge in [-0.3, -0.25) is 6.08 Å². The van der Waals surface area contributed by atoms with Gasteiger partial charge >= 0.3 is 26.2 Å². The molecule has 0 aromatic carbocycles. The fourth-order valence-corrected chi connectivity index (χ4v) is 0.564. The molecule has 1 aliphatic rings. The van der Waals surface area contributed by atoms with Gasteiger partial charge in [0.25, 0.3) is 0 Å². The number of allylic oxidation sites excluding steroid dienone is 4. The molecule has 14 heavy (non-hydrogen) atoms. The van der Waals surface area contributed by atoms with E-state index in [2.05, 4.69) is 12.2 Å². The molecule has 1 aliphatic carbocycles. The Hall–Kier alpha value is 0.863. The Balaban J connectivity index is -0.0000000590. The van der Waals surface area contributed by atoms with Crippen LogP contribution in [0.1, 0.15) is 20.3 Å². The predicted molar refractivity (Wildman–Crippen MR) is 46.3 cm³/mol. The Kier molecular flexibility index (Phi) is 33.6. The molecule has 1 N–H and O–H groups in total. The van der Waals surface area contributed by atoms with Crippen molar-refractivity contribution >= 4 is 0 Å². The van der Waals surface area contributed by atoms with E-state index in [9.17, 15) is 0 Å². The number of rotatable bonds is 2. The van der Waals surface area contributed by atoms with Crippen molar-refractivity contribution in [2.75, 3.05) is 13.1 Å². The van der Waals surface area contributed by atoms with Crippen LogP contribution in [0, 0.1) is 6.08 Å². The summed E-state index contributed by atoms with van der Waals surface area (Å²) in [5.74, 6) is 0. The third-order valence-corrected chi connectivity index (χ3v) is 1.32. The molecule has 0 unspecified atom stereocenters. The molecule has 81 valence electrons. The topological polar surface area (TPSA) is 23.5 Å². The maximum atomic E-state index is 8.50. The maximum absolute atomic E-state index is 8.50. The normalized spacial score (nSPS) is 10.6. The van der Waals surface area contributed by atoms with Gasteiger partial charge in [-0.2, -0.15) is 11.1 Å². The Bertz CT molecular complexity index is 129. The number of hydroxylamine groups is 2. The average molecular weight is 316 g/mol. The molecule has 1 radical (unpaired) electrons. The summed E-state index contributed by atoms with van der Waals surface area (Å²) in [6, 6.07) is 0. The van der Waals surface area contributed by atoms with E-state index in [-0.39, 0.29) is 51.0 Å². The minimum atomic E-state index is 0. The molecule has 0 bridgehead atoms. The smallest absolute Gasteiger partial charge is 1.00 e. The van der Waals surface area contributed by atoms with E-state index in [0.717, 1.165) is 19.5 Å². The molecule has 5 heteroatoms. The Labute approximate surface area is 118 Å². The van der Waals surface area contributed by atoms with Crippen LogP contribution in [-0.2, 0) is 26.2 Å². The van der Waals surface area contributed by atoms with E-state index in [1.165, 1.54) is 5.06 Å². The monoisotopic (exact) mass is 314 g/mol. The summed E-state index contributed by atoms with van der Waals surface area (Å²) < 4.78 is 0. The van der Waals surface area contributed by atoms with Crippen LogP contribution in [-0.4, -0.2) is 23.4 Å². The van der Waals surface area contributed by atoms with Crippen molar-refractivity contribution in [3.63, 3.8) is 0 Å². The molecule has 0 fully saturated rings. The summed E-state index contributed by atoms with van der Waals surface area (Å²) in [5, 5.41) is 9.75. The first-order chi connectivity index (χ1) is 5.31. The van der Waals surface area contributed by atoms with Gasteiger partial charge in [0.2, 0.25) is 0 Å². The minimum Gasteiger partial charge on any atom is -1.00 e. The van der Waals surface area contributed by atoms with Crippen molar-refractivity contribution in [2.45, 2.75) is 20.3 Å². The van der Waals surface area contributed by atoms with Crippen LogP contribution in [0.3, 0.4) is 0 Å². The van der Waals surface area contributed by atoms with E-state index in [4.69, 9.17) is 5.21 Å². The van der Waals surface area contributed by atoms with Crippen LogP contribution in [0.15, 0.2) is 18.2 Å². The Morgan fingerprint density at radius 3 is 1.86 bits per heavy atom. The predicted octanol–water partition coefficient (Wildman–Crippen LogP) is -3.97. The van der Waals surface area contributed by atoms with Crippen molar-refractivity contribution < 1.29 is 56.2 Å². The van der Waals surface area contributed by atoms with Crippen molar-refractivity contribution in [3.8, 4) is 0 Å². The molecule has 0 spiro atoms. The number of hydrogen-bond donors (Lipinski definition) is 1. The number of nitrogens with zero attached hydrogens (tertiary/aromatic N) is 1. The molecule has 0 amide bonds. The van der Waals surface area contributed by atoms with Gasteiger partial charge in [0, 0.05) is 13.1 Å². The molecule has 1 rings (SSSR count). The number of hydrogen-bond acceptors (Lipinski definition) is 2. The summed E-state index contributed by atoms with van der Waals surface area (Å²) in [5.41, 5.74) is 0. The summed E-state index contributed by atoms with van der Waals surface area (Å²) >= 11 is 0. The van der Waals surface area contributed by atoms with Crippen molar-refractivity contribution in [1.29, 1.82) is 0 Å². The standard InChI is InChI=1S/C5H5.C4H11NO.2ClH.Zr/c1-2-4-5-3-1;1-3-5(6)4-2;;;/h1-3H,4H2;6H,3-4H2,1-2H3;2*1H;/q-1;;;;+3/p-2.